The van der Waals surface area contributed by atoms with Crippen LogP contribution in [0.4, 0.5) is 4.39 Å². The van der Waals surface area contributed by atoms with Crippen LogP contribution < -0.4 is 5.32 Å². The lowest BCUT2D eigenvalue weighted by Crippen LogP contribution is -2.23. The molecule has 16 heavy (non-hydrogen) atoms. The van der Waals surface area contributed by atoms with Gasteiger partial charge >= 0.3 is 0 Å². The smallest absolute Gasteiger partial charge is 0.127 e. The zero-order valence-electron chi connectivity index (χ0n) is 10.2. The second kappa shape index (κ2) is 6.61. The number of nitrogens with one attached hydrogen (secondary N) is 1. The third-order valence-electron chi connectivity index (χ3n) is 2.59. The van der Waals surface area contributed by atoms with E-state index in [2.05, 4.69) is 5.32 Å². The van der Waals surface area contributed by atoms with E-state index in [-0.39, 0.29) is 11.9 Å². The first-order valence-corrected chi connectivity index (χ1v) is 5.67. The Kier molecular flexibility index (Phi) is 5.43. The van der Waals surface area contributed by atoms with Crippen LogP contribution in [0, 0.1) is 12.7 Å². The zero-order valence-corrected chi connectivity index (χ0v) is 10.2. The highest BCUT2D eigenvalue weighted by molar-refractivity contribution is 5.26. The van der Waals surface area contributed by atoms with Crippen molar-refractivity contribution in [1.82, 2.24) is 5.32 Å². The first-order valence-electron chi connectivity index (χ1n) is 5.67. The molecule has 2 nitrogen and oxygen atoms in total. The van der Waals surface area contributed by atoms with Gasteiger partial charge in [-0.05, 0) is 26.0 Å². The third kappa shape index (κ3) is 3.58. The minimum atomic E-state index is -0.146. The molecule has 0 aromatic heterocycles. The molecule has 0 fully saturated rings. The van der Waals surface area contributed by atoms with Crippen LogP contribution in [-0.2, 0) is 4.74 Å². The van der Waals surface area contributed by atoms with E-state index in [1.807, 2.05) is 19.9 Å². The van der Waals surface area contributed by atoms with Crippen LogP contribution in [-0.4, -0.2) is 20.3 Å². The molecule has 1 unspecified atom stereocenters. The van der Waals surface area contributed by atoms with Gasteiger partial charge in [0.1, 0.15) is 5.82 Å². The minimum Gasteiger partial charge on any atom is -0.385 e. The predicted molar refractivity (Wildman–Crippen MR) is 64.0 cm³/mol. The van der Waals surface area contributed by atoms with E-state index in [1.165, 1.54) is 6.07 Å². The maximum atomic E-state index is 13.7. The average molecular weight is 225 g/mol. The van der Waals surface area contributed by atoms with Crippen LogP contribution in [0.3, 0.4) is 0 Å². The normalized spacial score (nSPS) is 12.8. The molecule has 0 saturated carbocycles. The summed E-state index contributed by atoms with van der Waals surface area (Å²) in [4.78, 5) is 0. The van der Waals surface area contributed by atoms with Crippen molar-refractivity contribution in [3.8, 4) is 0 Å². The number of ether oxygens (including phenoxy) is 1. The van der Waals surface area contributed by atoms with E-state index in [1.54, 1.807) is 13.2 Å². The Balaban J connectivity index is 2.85. The summed E-state index contributed by atoms with van der Waals surface area (Å²) < 4.78 is 18.7. The van der Waals surface area contributed by atoms with E-state index in [0.29, 0.717) is 6.61 Å². The number of aryl methyl sites for hydroxylation is 1. The van der Waals surface area contributed by atoms with Crippen molar-refractivity contribution >= 4 is 0 Å². The molecule has 0 radical (unpaired) electrons. The molecule has 0 saturated heterocycles. The fourth-order valence-electron chi connectivity index (χ4n) is 1.78. The number of rotatable bonds is 6. The van der Waals surface area contributed by atoms with Gasteiger partial charge in [0.2, 0.25) is 0 Å². The Morgan fingerprint density at radius 3 is 2.81 bits per heavy atom. The lowest BCUT2D eigenvalue weighted by molar-refractivity contribution is 0.182. The second-order valence-corrected chi connectivity index (χ2v) is 3.92. The minimum absolute atomic E-state index is 0.0323. The fraction of sp³-hybridized carbons (Fsp3) is 0.538. The van der Waals surface area contributed by atoms with Gasteiger partial charge in [-0.1, -0.05) is 24.6 Å². The van der Waals surface area contributed by atoms with Gasteiger partial charge in [0.25, 0.3) is 0 Å². The molecule has 0 bridgehead atoms. The van der Waals surface area contributed by atoms with Crippen LogP contribution in [0.2, 0.25) is 0 Å². The molecule has 1 N–H and O–H groups in total. The highest BCUT2D eigenvalue weighted by atomic mass is 19.1. The lowest BCUT2D eigenvalue weighted by Gasteiger charge is -2.19. The number of halogens is 1. The summed E-state index contributed by atoms with van der Waals surface area (Å²) in [7, 11) is 1.66. The van der Waals surface area contributed by atoms with E-state index >= 15 is 0 Å². The van der Waals surface area contributed by atoms with Gasteiger partial charge in [-0.15, -0.1) is 0 Å². The summed E-state index contributed by atoms with van der Waals surface area (Å²) in [5.74, 6) is -0.146. The van der Waals surface area contributed by atoms with Crippen LogP contribution in [0.25, 0.3) is 0 Å². The molecule has 1 aromatic rings. The van der Waals surface area contributed by atoms with Crippen molar-refractivity contribution in [2.45, 2.75) is 26.3 Å². The van der Waals surface area contributed by atoms with Crippen molar-refractivity contribution in [1.29, 1.82) is 0 Å². The number of methoxy groups -OCH3 is 1. The maximum Gasteiger partial charge on any atom is 0.127 e. The first kappa shape index (κ1) is 13.1. The quantitative estimate of drug-likeness (QED) is 0.803. The van der Waals surface area contributed by atoms with Crippen molar-refractivity contribution in [2.24, 2.45) is 0 Å². The van der Waals surface area contributed by atoms with Gasteiger partial charge in [-0.2, -0.15) is 0 Å². The highest BCUT2D eigenvalue weighted by Crippen LogP contribution is 2.21. The molecule has 0 heterocycles. The molecule has 1 rings (SSSR count). The van der Waals surface area contributed by atoms with E-state index < -0.39 is 0 Å². The molecule has 1 atom stereocenters. The largest absolute Gasteiger partial charge is 0.385 e. The van der Waals surface area contributed by atoms with Crippen LogP contribution in [0.15, 0.2) is 18.2 Å². The topological polar surface area (TPSA) is 21.3 Å². The van der Waals surface area contributed by atoms with Crippen molar-refractivity contribution in [2.75, 3.05) is 20.3 Å². The first-order chi connectivity index (χ1) is 7.69. The number of benzene rings is 1. The third-order valence-corrected chi connectivity index (χ3v) is 2.59. The summed E-state index contributed by atoms with van der Waals surface area (Å²) in [6.07, 6.45) is 0.782. The summed E-state index contributed by atoms with van der Waals surface area (Å²) in [6.45, 7) is 5.45. The molecule has 3 heteroatoms. The molecule has 0 spiro atoms. The second-order valence-electron chi connectivity index (χ2n) is 3.92. The highest BCUT2D eigenvalue weighted by Gasteiger charge is 2.14. The van der Waals surface area contributed by atoms with Gasteiger partial charge in [-0.25, -0.2) is 4.39 Å². The van der Waals surface area contributed by atoms with Crippen LogP contribution in [0.1, 0.15) is 30.5 Å². The fourth-order valence-corrected chi connectivity index (χ4v) is 1.78. The monoisotopic (exact) mass is 225 g/mol. The molecule has 0 aliphatic carbocycles. The van der Waals surface area contributed by atoms with Gasteiger partial charge in [0.15, 0.2) is 0 Å². The summed E-state index contributed by atoms with van der Waals surface area (Å²) >= 11 is 0. The van der Waals surface area contributed by atoms with E-state index in [0.717, 1.165) is 24.1 Å². The van der Waals surface area contributed by atoms with Crippen molar-refractivity contribution in [3.05, 3.63) is 35.1 Å². The maximum absolute atomic E-state index is 13.7. The van der Waals surface area contributed by atoms with Crippen molar-refractivity contribution in [3.63, 3.8) is 0 Å². The van der Waals surface area contributed by atoms with Gasteiger partial charge in [0.05, 0.1) is 0 Å². The zero-order chi connectivity index (χ0) is 12.0. The Morgan fingerprint density at radius 1 is 1.44 bits per heavy atom. The molecular weight excluding hydrogens is 205 g/mol. The van der Waals surface area contributed by atoms with E-state index in [9.17, 15) is 4.39 Å². The Bertz CT molecular complexity index is 328. The van der Waals surface area contributed by atoms with Crippen molar-refractivity contribution < 1.29 is 9.13 Å². The average Bonchev–Trinajstić information content (AvgIpc) is 2.28. The summed E-state index contributed by atoms with van der Waals surface area (Å²) in [6, 6.07) is 5.25. The SMILES string of the molecule is CCNC(CCOC)c1cc(C)ccc1F. The molecule has 0 aliphatic heterocycles. The number of hydrogen-bond acceptors (Lipinski definition) is 2. The van der Waals surface area contributed by atoms with Gasteiger partial charge in [-0.3, -0.25) is 0 Å². The van der Waals surface area contributed by atoms with Gasteiger partial charge in [0, 0.05) is 25.3 Å². The standard InChI is InChI=1S/C13H20FNO/c1-4-15-13(7-8-16-3)11-9-10(2)5-6-12(11)14/h5-6,9,13,15H,4,7-8H2,1-3H3. The Labute approximate surface area is 96.8 Å². The molecule has 1 aromatic carbocycles. The Hall–Kier alpha value is -0.930. The number of hydrogen-bond donors (Lipinski definition) is 1. The lowest BCUT2D eigenvalue weighted by atomic mass is 10.0. The van der Waals surface area contributed by atoms with Gasteiger partial charge < -0.3 is 10.1 Å². The Morgan fingerprint density at radius 2 is 2.19 bits per heavy atom. The van der Waals surface area contributed by atoms with Crippen LogP contribution in [0.5, 0.6) is 0 Å². The summed E-state index contributed by atoms with van der Waals surface area (Å²) in [5, 5.41) is 3.28. The van der Waals surface area contributed by atoms with E-state index in [4.69, 9.17) is 4.74 Å². The van der Waals surface area contributed by atoms with Crippen LogP contribution >= 0.6 is 0 Å². The predicted octanol–water partition coefficient (Wildman–Crippen LogP) is 2.82. The molecular formula is C13H20FNO. The summed E-state index contributed by atoms with van der Waals surface area (Å²) in [5.41, 5.74) is 1.82. The molecule has 90 valence electrons. The molecule has 0 aliphatic rings. The molecule has 0 amide bonds.